The molecule has 8 heteroatoms. The smallest absolute Gasteiger partial charge is 0.233 e. The van der Waals surface area contributed by atoms with Crippen molar-refractivity contribution in [2.45, 2.75) is 18.7 Å². The fourth-order valence-corrected chi connectivity index (χ4v) is 3.56. The van der Waals surface area contributed by atoms with Crippen molar-refractivity contribution < 1.29 is 9.53 Å². The van der Waals surface area contributed by atoms with Crippen LogP contribution in [0, 0.1) is 6.92 Å². The molecule has 1 aromatic heterocycles. The van der Waals surface area contributed by atoms with Gasteiger partial charge in [0.1, 0.15) is 12.4 Å². The molecule has 1 aliphatic rings. The molecule has 0 atom stereocenters. The molecule has 0 saturated carbocycles. The van der Waals surface area contributed by atoms with Crippen molar-refractivity contribution in [2.75, 3.05) is 39.0 Å². The van der Waals surface area contributed by atoms with Gasteiger partial charge < -0.3 is 19.1 Å². The Bertz CT molecular complexity index is 756. The van der Waals surface area contributed by atoms with Crippen molar-refractivity contribution in [1.82, 2.24) is 24.6 Å². The highest BCUT2D eigenvalue weighted by Crippen LogP contribution is 2.20. The van der Waals surface area contributed by atoms with Crippen LogP contribution in [0.5, 0.6) is 5.75 Å². The molecular formula is C18H25N5O2S. The maximum absolute atomic E-state index is 12.3. The van der Waals surface area contributed by atoms with E-state index in [2.05, 4.69) is 22.1 Å². The number of ether oxygens (including phenoxy) is 1. The van der Waals surface area contributed by atoms with Crippen LogP contribution in [0.15, 0.2) is 29.4 Å². The number of aryl methyl sites for hydroxylation is 1. The number of carbonyl (C=O) groups is 1. The van der Waals surface area contributed by atoms with E-state index < -0.39 is 0 Å². The molecule has 0 N–H and O–H groups in total. The van der Waals surface area contributed by atoms with Crippen LogP contribution in [0.4, 0.5) is 0 Å². The number of piperazine rings is 1. The number of rotatable bonds is 6. The van der Waals surface area contributed by atoms with Crippen LogP contribution in [-0.2, 0) is 18.4 Å². The Morgan fingerprint density at radius 2 is 1.88 bits per heavy atom. The SMILES string of the molecule is Cc1ccccc1OCc1nnc(SCC(=O)N2CCN(C)CC2)n1C. The Morgan fingerprint density at radius 1 is 1.15 bits per heavy atom. The van der Waals surface area contributed by atoms with E-state index in [1.54, 1.807) is 0 Å². The van der Waals surface area contributed by atoms with E-state index in [0.717, 1.165) is 48.5 Å². The number of nitrogens with zero attached hydrogens (tertiary/aromatic N) is 5. The third kappa shape index (κ3) is 4.56. The van der Waals surface area contributed by atoms with Gasteiger partial charge in [0, 0.05) is 33.2 Å². The van der Waals surface area contributed by atoms with Crippen LogP contribution in [0.1, 0.15) is 11.4 Å². The number of para-hydroxylation sites is 1. The summed E-state index contributed by atoms with van der Waals surface area (Å²) in [5, 5.41) is 9.13. The highest BCUT2D eigenvalue weighted by molar-refractivity contribution is 7.99. The molecule has 1 saturated heterocycles. The average Bonchev–Trinajstić information content (AvgIpc) is 2.99. The summed E-state index contributed by atoms with van der Waals surface area (Å²) in [5.41, 5.74) is 1.09. The second-order valence-corrected chi connectivity index (χ2v) is 7.43. The molecule has 0 radical (unpaired) electrons. The molecule has 2 aromatic rings. The van der Waals surface area contributed by atoms with Gasteiger partial charge in [0.25, 0.3) is 0 Å². The maximum Gasteiger partial charge on any atom is 0.233 e. The fourth-order valence-electron chi connectivity index (χ4n) is 2.73. The molecule has 1 aromatic carbocycles. The summed E-state index contributed by atoms with van der Waals surface area (Å²) in [7, 11) is 3.98. The van der Waals surface area contributed by atoms with Crippen molar-refractivity contribution in [2.24, 2.45) is 7.05 Å². The second-order valence-electron chi connectivity index (χ2n) is 6.48. The summed E-state index contributed by atoms with van der Waals surface area (Å²) in [5.74, 6) is 2.12. The van der Waals surface area contributed by atoms with Crippen LogP contribution < -0.4 is 4.74 Å². The van der Waals surface area contributed by atoms with Crippen molar-refractivity contribution in [1.29, 1.82) is 0 Å². The zero-order chi connectivity index (χ0) is 18.5. The third-order valence-corrected chi connectivity index (χ3v) is 5.56. The lowest BCUT2D eigenvalue weighted by Gasteiger charge is -2.32. The van der Waals surface area contributed by atoms with Crippen molar-refractivity contribution in [3.8, 4) is 5.75 Å². The molecule has 26 heavy (non-hydrogen) atoms. The molecule has 0 spiro atoms. The summed E-state index contributed by atoms with van der Waals surface area (Å²) in [4.78, 5) is 16.5. The topological polar surface area (TPSA) is 63.5 Å². The quantitative estimate of drug-likeness (QED) is 0.714. The first-order valence-electron chi connectivity index (χ1n) is 8.70. The van der Waals surface area contributed by atoms with Crippen LogP contribution >= 0.6 is 11.8 Å². The number of carbonyl (C=O) groups excluding carboxylic acids is 1. The maximum atomic E-state index is 12.3. The monoisotopic (exact) mass is 375 g/mol. The van der Waals surface area contributed by atoms with Crippen LogP contribution in [0.25, 0.3) is 0 Å². The van der Waals surface area contributed by atoms with Crippen LogP contribution in [-0.4, -0.2) is 69.5 Å². The normalized spacial score (nSPS) is 15.3. The number of thioether (sulfide) groups is 1. The Labute approximate surface area is 158 Å². The molecule has 1 fully saturated rings. The minimum absolute atomic E-state index is 0.156. The lowest BCUT2D eigenvalue weighted by molar-refractivity contribution is -0.129. The minimum Gasteiger partial charge on any atom is -0.485 e. The van der Waals surface area contributed by atoms with Gasteiger partial charge in [-0.25, -0.2) is 0 Å². The highest BCUT2D eigenvalue weighted by atomic mass is 32.2. The number of hydrogen-bond donors (Lipinski definition) is 0. The van der Waals surface area contributed by atoms with E-state index in [1.807, 2.05) is 47.7 Å². The van der Waals surface area contributed by atoms with Gasteiger partial charge in [-0.1, -0.05) is 30.0 Å². The zero-order valence-electron chi connectivity index (χ0n) is 15.5. The summed E-state index contributed by atoms with van der Waals surface area (Å²) >= 11 is 1.42. The van der Waals surface area contributed by atoms with Gasteiger partial charge in [-0.2, -0.15) is 0 Å². The second kappa shape index (κ2) is 8.55. The van der Waals surface area contributed by atoms with Gasteiger partial charge in [-0.05, 0) is 25.6 Å². The van der Waals surface area contributed by atoms with Gasteiger partial charge >= 0.3 is 0 Å². The van der Waals surface area contributed by atoms with Gasteiger partial charge in [-0.3, -0.25) is 4.79 Å². The predicted molar refractivity (Wildman–Crippen MR) is 101 cm³/mol. The first-order valence-corrected chi connectivity index (χ1v) is 9.69. The molecule has 1 amide bonds. The van der Waals surface area contributed by atoms with E-state index in [-0.39, 0.29) is 5.91 Å². The number of aromatic nitrogens is 3. The van der Waals surface area contributed by atoms with E-state index in [4.69, 9.17) is 4.74 Å². The summed E-state index contributed by atoms with van der Waals surface area (Å²) in [6.07, 6.45) is 0. The van der Waals surface area contributed by atoms with E-state index in [9.17, 15) is 4.79 Å². The van der Waals surface area contributed by atoms with Gasteiger partial charge in [0.15, 0.2) is 11.0 Å². The standard InChI is InChI=1S/C18H25N5O2S/c1-14-6-4-5-7-15(14)25-12-16-19-20-18(22(16)3)26-13-17(24)23-10-8-21(2)9-11-23/h4-7H,8-13H2,1-3H3. The van der Waals surface area contributed by atoms with Crippen LogP contribution in [0.3, 0.4) is 0 Å². The minimum atomic E-state index is 0.156. The molecule has 1 aliphatic heterocycles. The fraction of sp³-hybridized carbons (Fsp3) is 0.500. The number of likely N-dealkylation sites (N-methyl/N-ethyl adjacent to an activating group) is 1. The Kier molecular flexibility index (Phi) is 6.16. The summed E-state index contributed by atoms with van der Waals surface area (Å²) in [6.45, 7) is 5.81. The first kappa shape index (κ1) is 18.7. The number of benzene rings is 1. The highest BCUT2D eigenvalue weighted by Gasteiger charge is 2.20. The van der Waals surface area contributed by atoms with Crippen molar-refractivity contribution in [3.63, 3.8) is 0 Å². The number of amides is 1. The Balaban J connectivity index is 1.52. The molecule has 7 nitrogen and oxygen atoms in total. The third-order valence-electron chi connectivity index (χ3n) is 4.56. The van der Waals surface area contributed by atoms with Crippen LogP contribution in [0.2, 0.25) is 0 Å². The molecule has 3 rings (SSSR count). The molecule has 0 unspecified atom stereocenters. The Morgan fingerprint density at radius 3 is 2.62 bits per heavy atom. The zero-order valence-corrected chi connectivity index (χ0v) is 16.3. The van der Waals surface area contributed by atoms with E-state index in [0.29, 0.717) is 12.4 Å². The largest absolute Gasteiger partial charge is 0.485 e. The van der Waals surface area contributed by atoms with E-state index in [1.165, 1.54) is 11.8 Å². The molecule has 2 heterocycles. The van der Waals surface area contributed by atoms with Gasteiger partial charge in [0.05, 0.1) is 5.75 Å². The van der Waals surface area contributed by atoms with E-state index >= 15 is 0 Å². The molecule has 0 aliphatic carbocycles. The summed E-state index contributed by atoms with van der Waals surface area (Å²) in [6, 6.07) is 7.88. The molecular weight excluding hydrogens is 350 g/mol. The summed E-state index contributed by atoms with van der Waals surface area (Å²) < 4.78 is 7.72. The van der Waals surface area contributed by atoms with Crippen molar-refractivity contribution >= 4 is 17.7 Å². The lowest BCUT2D eigenvalue weighted by Crippen LogP contribution is -2.47. The van der Waals surface area contributed by atoms with Gasteiger partial charge in [-0.15, -0.1) is 10.2 Å². The molecule has 0 bridgehead atoms. The first-order chi connectivity index (χ1) is 12.5. The number of hydrogen-bond acceptors (Lipinski definition) is 6. The average molecular weight is 375 g/mol. The van der Waals surface area contributed by atoms with Gasteiger partial charge in [0.2, 0.25) is 5.91 Å². The lowest BCUT2D eigenvalue weighted by atomic mass is 10.2. The van der Waals surface area contributed by atoms with Crippen molar-refractivity contribution in [3.05, 3.63) is 35.7 Å². The molecule has 140 valence electrons. The predicted octanol–water partition coefficient (Wildman–Crippen LogP) is 1.57. The Hall–Kier alpha value is -2.06.